The molecular weight excluding hydrogens is 190 g/mol. The van der Waals surface area contributed by atoms with Crippen LogP contribution in [0.4, 0.5) is 0 Å². The Morgan fingerprint density at radius 2 is 1.83 bits per heavy atom. The Kier molecular flexibility index (Phi) is 2.80. The normalized spacial score (nSPS) is 9.17. The molecule has 0 atom stereocenters. The molecule has 0 spiro atoms. The molecule has 0 heterocycles. The Labute approximate surface area is 51.3 Å². The van der Waals surface area contributed by atoms with Crippen LogP contribution in [0.5, 0.6) is 0 Å². The Hall–Kier alpha value is 0.460. The van der Waals surface area contributed by atoms with Gasteiger partial charge in [-0.2, -0.15) is 0 Å². The molecule has 0 aromatic rings. The number of hydrogen-bond acceptors (Lipinski definition) is 1. The summed E-state index contributed by atoms with van der Waals surface area (Å²) in [4.78, 5) is 0. The summed E-state index contributed by atoms with van der Waals surface area (Å²) in [5.74, 6) is 0.551. The predicted octanol–water partition coefficient (Wildman–Crippen LogP) is -0.100. The summed E-state index contributed by atoms with van der Waals surface area (Å²) in [6, 6.07) is 0. The molecule has 2 N–H and O–H groups in total. The molecule has 36 valence electrons. The van der Waals surface area contributed by atoms with Gasteiger partial charge in [-0.05, 0) is 0 Å². The van der Waals surface area contributed by atoms with Gasteiger partial charge in [0.1, 0.15) is 0 Å². The van der Waals surface area contributed by atoms with Gasteiger partial charge in [0.15, 0.2) is 0 Å². The second-order valence-corrected chi connectivity index (χ2v) is 2.90. The van der Waals surface area contributed by atoms with Crippen LogP contribution in [0.25, 0.3) is 0 Å². The van der Waals surface area contributed by atoms with Gasteiger partial charge in [0.05, 0.1) is 0 Å². The van der Waals surface area contributed by atoms with E-state index >= 15 is 0 Å². The van der Waals surface area contributed by atoms with Crippen molar-refractivity contribution in [2.75, 3.05) is 0 Å². The number of nitrogens with two attached hydrogens (primary N) is 1. The maximum absolute atomic E-state index is 5.36. The van der Waals surface area contributed by atoms with Crippen molar-refractivity contribution >= 4 is 25.5 Å². The first-order chi connectivity index (χ1) is 2.64. The van der Waals surface area contributed by atoms with Gasteiger partial charge in [-0.1, -0.05) is 0 Å². The van der Waals surface area contributed by atoms with Crippen LogP contribution in [0.2, 0.25) is 0 Å². The van der Waals surface area contributed by atoms with Crippen LogP contribution in [-0.2, 0) is 0 Å². The number of hydrogen-bond donors (Lipinski definition) is 1. The predicted molar refractivity (Wildman–Crippen MR) is 29.8 cm³/mol. The van der Waals surface area contributed by atoms with Crippen LogP contribution in [0.1, 0.15) is 13.8 Å². The van der Waals surface area contributed by atoms with Gasteiger partial charge in [-0.25, -0.2) is 0 Å². The molecule has 0 saturated carbocycles. The molecule has 0 radical (unpaired) electrons. The van der Waals surface area contributed by atoms with E-state index in [1.165, 1.54) is 0 Å². The molecule has 0 amide bonds. The van der Waals surface area contributed by atoms with E-state index in [4.69, 9.17) is 5.73 Å². The SMILES string of the molecule is CC(C)C(N)=[Te]. The molecule has 0 fully saturated rings. The maximum atomic E-state index is 5.36. The second-order valence-electron chi connectivity index (χ2n) is 1.56. The van der Waals surface area contributed by atoms with Crippen LogP contribution in [0.3, 0.4) is 0 Å². The quantitative estimate of drug-likeness (QED) is 0.586. The molecule has 0 aliphatic heterocycles. The molecule has 0 bridgehead atoms. The zero-order valence-electron chi connectivity index (χ0n) is 4.06. The third-order valence-electron chi connectivity index (χ3n) is 0.569. The molecule has 0 aromatic heterocycles. The fourth-order valence-electron chi connectivity index (χ4n) is 0. The van der Waals surface area contributed by atoms with Crippen LogP contribution >= 0.6 is 0 Å². The third kappa shape index (κ3) is 2.68. The minimum atomic E-state index is 0.551. The summed E-state index contributed by atoms with van der Waals surface area (Å²) in [5, 5.41) is 0. The van der Waals surface area contributed by atoms with E-state index in [9.17, 15) is 0 Å². The fourth-order valence-corrected chi connectivity index (χ4v) is 0. The molecule has 0 aliphatic carbocycles. The topological polar surface area (TPSA) is 26.0 Å². The van der Waals surface area contributed by atoms with E-state index in [-0.39, 0.29) is 0 Å². The Bertz CT molecular complexity index is 58.6. The summed E-state index contributed by atoms with van der Waals surface area (Å²) >= 11 is 1.87. The molecule has 0 unspecified atom stereocenters. The minimum absolute atomic E-state index is 0.551. The van der Waals surface area contributed by atoms with Crippen molar-refractivity contribution in [1.29, 1.82) is 0 Å². The summed E-state index contributed by atoms with van der Waals surface area (Å²) in [6.45, 7) is 4.16. The van der Waals surface area contributed by atoms with Crippen molar-refractivity contribution in [2.45, 2.75) is 13.8 Å². The van der Waals surface area contributed by atoms with Crippen molar-refractivity contribution in [3.63, 3.8) is 0 Å². The average Bonchev–Trinajstić information content (AvgIpc) is 1.36. The van der Waals surface area contributed by atoms with Gasteiger partial charge in [-0.3, -0.25) is 0 Å². The van der Waals surface area contributed by atoms with Crippen LogP contribution in [-0.4, -0.2) is 25.5 Å². The Morgan fingerprint density at radius 3 is 1.83 bits per heavy atom. The fraction of sp³-hybridized carbons (Fsp3) is 0.750. The van der Waals surface area contributed by atoms with E-state index < -0.39 is 0 Å². The van der Waals surface area contributed by atoms with Gasteiger partial charge in [0, 0.05) is 0 Å². The van der Waals surface area contributed by atoms with E-state index in [1.807, 2.05) is 21.8 Å². The van der Waals surface area contributed by atoms with E-state index in [1.54, 1.807) is 0 Å². The summed E-state index contributed by atoms with van der Waals surface area (Å²) in [7, 11) is 0. The van der Waals surface area contributed by atoms with E-state index in [0.29, 0.717) is 5.92 Å². The monoisotopic (exact) mass is 201 g/mol. The molecule has 6 heavy (non-hydrogen) atoms. The van der Waals surface area contributed by atoms with Crippen molar-refractivity contribution in [1.82, 2.24) is 0 Å². The van der Waals surface area contributed by atoms with Gasteiger partial charge in [0.2, 0.25) is 0 Å². The average molecular weight is 199 g/mol. The zero-order chi connectivity index (χ0) is 5.15. The first-order valence-corrected chi connectivity index (χ1v) is 3.10. The van der Waals surface area contributed by atoms with E-state index in [0.717, 1.165) is 3.67 Å². The second kappa shape index (κ2) is 2.60. The molecule has 2 heteroatoms. The van der Waals surface area contributed by atoms with Crippen LogP contribution in [0.15, 0.2) is 0 Å². The Morgan fingerprint density at radius 1 is 1.67 bits per heavy atom. The van der Waals surface area contributed by atoms with Crippen molar-refractivity contribution < 1.29 is 0 Å². The van der Waals surface area contributed by atoms with E-state index in [2.05, 4.69) is 13.8 Å². The molecule has 0 aromatic carbocycles. The molecule has 0 rings (SSSR count). The van der Waals surface area contributed by atoms with Crippen LogP contribution in [0, 0.1) is 5.92 Å². The standard InChI is InChI=1S/C4H9NTe/c1-3(2)4(5)6/h3H,1-2H3,(H2,5,6). The van der Waals surface area contributed by atoms with Gasteiger partial charge in [0.25, 0.3) is 0 Å². The van der Waals surface area contributed by atoms with Gasteiger partial charge in [-0.15, -0.1) is 0 Å². The first kappa shape index (κ1) is 6.46. The van der Waals surface area contributed by atoms with Gasteiger partial charge < -0.3 is 0 Å². The molecule has 0 aliphatic rings. The Balaban J connectivity index is 3.26. The molecular formula is C4H9NTe. The van der Waals surface area contributed by atoms with Crippen molar-refractivity contribution in [3.05, 3.63) is 0 Å². The summed E-state index contributed by atoms with van der Waals surface area (Å²) in [5.41, 5.74) is 5.36. The first-order valence-electron chi connectivity index (χ1n) is 1.94. The van der Waals surface area contributed by atoms with Crippen molar-refractivity contribution in [3.8, 4) is 0 Å². The molecule has 1 nitrogen and oxygen atoms in total. The van der Waals surface area contributed by atoms with Gasteiger partial charge >= 0.3 is 51.0 Å². The van der Waals surface area contributed by atoms with Crippen molar-refractivity contribution in [2.24, 2.45) is 11.7 Å². The third-order valence-corrected chi connectivity index (χ3v) is 1.91. The molecule has 0 saturated heterocycles. The van der Waals surface area contributed by atoms with Crippen LogP contribution < -0.4 is 5.73 Å². The summed E-state index contributed by atoms with van der Waals surface area (Å²) in [6.07, 6.45) is 0. The zero-order valence-corrected chi connectivity index (χ0v) is 6.39. The summed E-state index contributed by atoms with van der Waals surface area (Å²) < 4.78 is 1.02. The number of rotatable bonds is 1.